The van der Waals surface area contributed by atoms with Gasteiger partial charge < -0.3 is 10.1 Å². The number of hydrogen-bond acceptors (Lipinski definition) is 2. The van der Waals surface area contributed by atoms with Gasteiger partial charge in [0.2, 0.25) is 0 Å². The van der Waals surface area contributed by atoms with Gasteiger partial charge >= 0.3 is 6.09 Å². The van der Waals surface area contributed by atoms with Crippen LogP contribution in [-0.4, -0.2) is 18.0 Å². The monoisotopic (exact) mass is 271 g/mol. The van der Waals surface area contributed by atoms with Crippen LogP contribution >= 0.6 is 15.9 Å². The van der Waals surface area contributed by atoms with E-state index in [2.05, 4.69) is 21.2 Å². The van der Waals surface area contributed by atoms with E-state index in [1.165, 1.54) is 0 Å². The minimum atomic E-state index is -0.361. The second-order valence-electron chi connectivity index (χ2n) is 3.02. The molecule has 0 aliphatic rings. The van der Waals surface area contributed by atoms with E-state index in [0.29, 0.717) is 13.2 Å². The molecule has 0 heterocycles. The Labute approximate surface area is 97.9 Å². The van der Waals surface area contributed by atoms with Gasteiger partial charge in [0.15, 0.2) is 0 Å². The van der Waals surface area contributed by atoms with Crippen LogP contribution in [0, 0.1) is 0 Å². The Bertz CT molecular complexity index is 290. The third-order valence-electron chi connectivity index (χ3n) is 1.79. The van der Waals surface area contributed by atoms with Gasteiger partial charge in [-0.05, 0) is 12.0 Å². The number of carbonyl (C=O) groups excluding carboxylic acids is 1. The summed E-state index contributed by atoms with van der Waals surface area (Å²) in [6.07, 6.45) is 0.471. The van der Waals surface area contributed by atoms with Crippen LogP contribution in [0.1, 0.15) is 12.0 Å². The summed E-state index contributed by atoms with van der Waals surface area (Å²) >= 11 is 3.26. The van der Waals surface area contributed by atoms with Crippen LogP contribution in [0.4, 0.5) is 4.79 Å². The number of halogens is 1. The number of carbonyl (C=O) groups is 1. The lowest BCUT2D eigenvalue weighted by Crippen LogP contribution is -2.24. The van der Waals surface area contributed by atoms with Crippen molar-refractivity contribution in [2.24, 2.45) is 0 Å². The first-order chi connectivity index (χ1) is 7.33. The van der Waals surface area contributed by atoms with Gasteiger partial charge in [0.1, 0.15) is 0 Å². The Morgan fingerprint density at radius 2 is 2.07 bits per heavy atom. The molecule has 82 valence electrons. The molecule has 15 heavy (non-hydrogen) atoms. The van der Waals surface area contributed by atoms with Crippen molar-refractivity contribution in [2.75, 3.05) is 11.9 Å². The Morgan fingerprint density at radius 3 is 2.73 bits per heavy atom. The Hall–Kier alpha value is -1.03. The molecule has 0 fully saturated rings. The third kappa shape index (κ3) is 5.42. The fourth-order valence-corrected chi connectivity index (χ4v) is 1.27. The number of benzene rings is 1. The minimum absolute atomic E-state index is 0.361. The number of alkyl carbamates (subject to hydrolysis) is 1. The molecule has 1 aromatic rings. The van der Waals surface area contributed by atoms with Crippen molar-refractivity contribution in [1.82, 2.24) is 5.32 Å². The summed E-state index contributed by atoms with van der Waals surface area (Å²) in [5, 5.41) is 3.53. The van der Waals surface area contributed by atoms with Crippen molar-refractivity contribution in [3.8, 4) is 0 Å². The third-order valence-corrected chi connectivity index (χ3v) is 2.35. The molecule has 4 heteroatoms. The number of amides is 1. The highest BCUT2D eigenvalue weighted by atomic mass is 79.9. The average Bonchev–Trinajstić information content (AvgIpc) is 2.28. The number of rotatable bonds is 5. The lowest BCUT2D eigenvalue weighted by molar-refractivity contribution is 0.146. The fourth-order valence-electron chi connectivity index (χ4n) is 1.04. The number of nitrogens with one attached hydrogen (secondary N) is 1. The summed E-state index contributed by atoms with van der Waals surface area (Å²) in [6, 6.07) is 9.73. The van der Waals surface area contributed by atoms with E-state index in [4.69, 9.17) is 4.74 Å². The smallest absolute Gasteiger partial charge is 0.407 e. The summed E-state index contributed by atoms with van der Waals surface area (Å²) in [6.45, 7) is 0.958. The maximum Gasteiger partial charge on any atom is 0.407 e. The molecule has 0 saturated heterocycles. The topological polar surface area (TPSA) is 38.3 Å². The molecule has 1 rings (SSSR count). The highest BCUT2D eigenvalue weighted by Gasteiger charge is 2.00. The molecule has 0 radical (unpaired) electrons. The van der Waals surface area contributed by atoms with E-state index < -0.39 is 0 Å². The molecular weight excluding hydrogens is 258 g/mol. The van der Waals surface area contributed by atoms with Gasteiger partial charge in [0.05, 0.1) is 6.61 Å². The zero-order chi connectivity index (χ0) is 10.9. The normalized spacial score (nSPS) is 9.67. The fraction of sp³-hybridized carbons (Fsp3) is 0.364. The Kier molecular flexibility index (Phi) is 5.85. The molecule has 0 atom stereocenters. The second kappa shape index (κ2) is 7.29. The predicted molar refractivity (Wildman–Crippen MR) is 63.0 cm³/mol. The van der Waals surface area contributed by atoms with Crippen molar-refractivity contribution < 1.29 is 9.53 Å². The van der Waals surface area contributed by atoms with Gasteiger partial charge in [-0.1, -0.05) is 46.3 Å². The van der Waals surface area contributed by atoms with E-state index in [0.717, 1.165) is 17.3 Å². The highest BCUT2D eigenvalue weighted by Crippen LogP contribution is 1.97. The van der Waals surface area contributed by atoms with Crippen LogP contribution in [-0.2, 0) is 11.3 Å². The van der Waals surface area contributed by atoms with Crippen LogP contribution in [0.5, 0.6) is 0 Å². The Balaban J connectivity index is 2.17. The van der Waals surface area contributed by atoms with Crippen molar-refractivity contribution in [3.63, 3.8) is 0 Å². The number of alkyl halides is 1. The van der Waals surface area contributed by atoms with E-state index in [1.54, 1.807) is 0 Å². The summed E-state index contributed by atoms with van der Waals surface area (Å²) in [5.74, 6) is 0. The summed E-state index contributed by atoms with van der Waals surface area (Å²) in [5.41, 5.74) is 1.06. The SMILES string of the molecule is O=C(NCc1ccccc1)OCCCBr. The van der Waals surface area contributed by atoms with Crippen molar-refractivity contribution >= 4 is 22.0 Å². The number of hydrogen-bond donors (Lipinski definition) is 1. The molecule has 3 nitrogen and oxygen atoms in total. The largest absolute Gasteiger partial charge is 0.450 e. The van der Waals surface area contributed by atoms with E-state index in [1.807, 2.05) is 30.3 Å². The zero-order valence-corrected chi connectivity index (χ0v) is 10.00. The Morgan fingerprint density at radius 1 is 1.33 bits per heavy atom. The van der Waals surface area contributed by atoms with Crippen LogP contribution in [0.15, 0.2) is 30.3 Å². The van der Waals surface area contributed by atoms with Crippen LogP contribution in [0.25, 0.3) is 0 Å². The minimum Gasteiger partial charge on any atom is -0.450 e. The molecule has 1 aromatic carbocycles. The molecular formula is C11H14BrNO2. The maximum atomic E-state index is 11.1. The van der Waals surface area contributed by atoms with Gasteiger partial charge in [-0.2, -0.15) is 0 Å². The molecule has 0 spiro atoms. The number of ether oxygens (including phenoxy) is 1. The molecule has 0 unspecified atom stereocenters. The molecule has 1 amide bonds. The average molecular weight is 272 g/mol. The van der Waals surface area contributed by atoms with Gasteiger partial charge in [-0.15, -0.1) is 0 Å². The van der Waals surface area contributed by atoms with Gasteiger partial charge in [-0.3, -0.25) is 0 Å². The van der Waals surface area contributed by atoms with Gasteiger partial charge in [-0.25, -0.2) is 4.79 Å². The summed E-state index contributed by atoms with van der Waals surface area (Å²) < 4.78 is 4.92. The lowest BCUT2D eigenvalue weighted by Gasteiger charge is -2.05. The first-order valence-corrected chi connectivity index (χ1v) is 5.95. The molecule has 1 N–H and O–H groups in total. The molecule has 0 saturated carbocycles. The highest BCUT2D eigenvalue weighted by molar-refractivity contribution is 9.09. The first kappa shape index (κ1) is 12.0. The van der Waals surface area contributed by atoms with Crippen LogP contribution in [0.3, 0.4) is 0 Å². The standard InChI is InChI=1S/C11H14BrNO2/c12-7-4-8-15-11(14)13-9-10-5-2-1-3-6-10/h1-3,5-6H,4,7-9H2,(H,13,14). The molecule has 0 aliphatic carbocycles. The lowest BCUT2D eigenvalue weighted by atomic mass is 10.2. The van der Waals surface area contributed by atoms with E-state index in [9.17, 15) is 4.79 Å². The van der Waals surface area contributed by atoms with Crippen molar-refractivity contribution in [1.29, 1.82) is 0 Å². The molecule has 0 aliphatic heterocycles. The summed E-state index contributed by atoms with van der Waals surface area (Å²) in [7, 11) is 0. The molecule has 0 bridgehead atoms. The maximum absolute atomic E-state index is 11.1. The molecule has 0 aromatic heterocycles. The van der Waals surface area contributed by atoms with Crippen LogP contribution < -0.4 is 5.32 Å². The zero-order valence-electron chi connectivity index (χ0n) is 8.41. The van der Waals surface area contributed by atoms with Gasteiger partial charge in [0, 0.05) is 11.9 Å². The summed E-state index contributed by atoms with van der Waals surface area (Å²) in [4.78, 5) is 11.1. The first-order valence-electron chi connectivity index (χ1n) is 4.83. The van der Waals surface area contributed by atoms with Gasteiger partial charge in [0.25, 0.3) is 0 Å². The van der Waals surface area contributed by atoms with E-state index >= 15 is 0 Å². The van der Waals surface area contributed by atoms with Crippen molar-refractivity contribution in [2.45, 2.75) is 13.0 Å². The van der Waals surface area contributed by atoms with Crippen LogP contribution in [0.2, 0.25) is 0 Å². The predicted octanol–water partition coefficient (Wildman–Crippen LogP) is 2.70. The second-order valence-corrected chi connectivity index (χ2v) is 3.81. The van der Waals surface area contributed by atoms with Crippen molar-refractivity contribution in [3.05, 3.63) is 35.9 Å². The van der Waals surface area contributed by atoms with E-state index in [-0.39, 0.29) is 6.09 Å². The quantitative estimate of drug-likeness (QED) is 0.661.